The molecule has 0 saturated carbocycles. The average Bonchev–Trinajstić information content (AvgIpc) is 2.83. The Labute approximate surface area is 97.4 Å². The number of carboxylic acid groups (broad SMARTS) is 1. The van der Waals surface area contributed by atoms with Crippen LogP contribution < -0.4 is 0 Å². The van der Waals surface area contributed by atoms with Crippen LogP contribution in [-0.2, 0) is 4.79 Å². The molecule has 1 amide bonds. The van der Waals surface area contributed by atoms with Gasteiger partial charge in [0.15, 0.2) is 0 Å². The fraction of sp³-hybridized carbons (Fsp3) is 0.600. The van der Waals surface area contributed by atoms with Crippen molar-refractivity contribution in [2.24, 2.45) is 11.8 Å². The maximum Gasteiger partial charge on any atom is 0.308 e. The van der Waals surface area contributed by atoms with Gasteiger partial charge in [-0.25, -0.2) is 0 Å². The number of nitrogens with zero attached hydrogens (tertiary/aromatic N) is 3. The van der Waals surface area contributed by atoms with Crippen molar-refractivity contribution in [1.82, 2.24) is 15.0 Å². The number of carboxylic acids is 1. The molecule has 2 unspecified atom stereocenters. The Morgan fingerprint density at radius 1 is 1.47 bits per heavy atom. The van der Waals surface area contributed by atoms with E-state index in [0.717, 1.165) is 0 Å². The molecule has 1 fully saturated rings. The molecular formula is C10H13N3O4. The lowest BCUT2D eigenvalue weighted by Gasteiger charge is -2.12. The van der Waals surface area contributed by atoms with Gasteiger partial charge in [-0.2, -0.15) is 4.98 Å². The fourth-order valence-electron chi connectivity index (χ4n) is 1.98. The summed E-state index contributed by atoms with van der Waals surface area (Å²) in [4.78, 5) is 28.1. The van der Waals surface area contributed by atoms with E-state index in [1.165, 1.54) is 4.90 Å². The van der Waals surface area contributed by atoms with Gasteiger partial charge in [0, 0.05) is 20.0 Å². The van der Waals surface area contributed by atoms with E-state index >= 15 is 0 Å². The second-order valence-corrected chi connectivity index (χ2v) is 4.27. The zero-order chi connectivity index (χ0) is 12.6. The Morgan fingerprint density at radius 2 is 2.18 bits per heavy atom. The first-order valence-corrected chi connectivity index (χ1v) is 5.31. The lowest BCUT2D eigenvalue weighted by Crippen LogP contribution is -2.30. The van der Waals surface area contributed by atoms with Crippen molar-refractivity contribution in [3.63, 3.8) is 0 Å². The van der Waals surface area contributed by atoms with E-state index in [2.05, 4.69) is 10.1 Å². The molecule has 0 bridgehead atoms. The minimum Gasteiger partial charge on any atom is -0.481 e. The Kier molecular flexibility index (Phi) is 2.83. The first-order chi connectivity index (χ1) is 7.99. The summed E-state index contributed by atoms with van der Waals surface area (Å²) >= 11 is 0. The molecule has 7 nitrogen and oxygen atoms in total. The summed E-state index contributed by atoms with van der Waals surface area (Å²) in [5, 5.41) is 12.5. The quantitative estimate of drug-likeness (QED) is 0.790. The first-order valence-electron chi connectivity index (χ1n) is 5.31. The molecule has 0 spiro atoms. The lowest BCUT2D eigenvalue weighted by molar-refractivity contribution is -0.142. The van der Waals surface area contributed by atoms with Gasteiger partial charge < -0.3 is 14.5 Å². The standard InChI is InChI=1S/C10H13N3O4/c1-5-3-13(4-7(5)10(15)16)9(14)8-11-6(2)17-12-8/h5,7H,3-4H2,1-2H3,(H,15,16). The number of carbonyl (C=O) groups is 2. The Morgan fingerprint density at radius 3 is 2.65 bits per heavy atom. The SMILES string of the molecule is Cc1nc(C(=O)N2CC(C)C(C(=O)O)C2)no1. The summed E-state index contributed by atoms with van der Waals surface area (Å²) in [6.07, 6.45) is 0. The summed E-state index contributed by atoms with van der Waals surface area (Å²) in [6, 6.07) is 0. The number of rotatable bonds is 2. The predicted octanol–water partition coefficient (Wildman–Crippen LogP) is 0.171. The van der Waals surface area contributed by atoms with Crippen molar-refractivity contribution < 1.29 is 19.2 Å². The Balaban J connectivity index is 2.10. The summed E-state index contributed by atoms with van der Waals surface area (Å²) in [5.74, 6) is -1.54. The maximum absolute atomic E-state index is 11.9. The Hall–Kier alpha value is -1.92. The van der Waals surface area contributed by atoms with Gasteiger partial charge in [-0.3, -0.25) is 9.59 Å². The third-order valence-electron chi connectivity index (χ3n) is 2.94. The summed E-state index contributed by atoms with van der Waals surface area (Å²) in [5.41, 5.74) is 0. The molecule has 2 atom stereocenters. The lowest BCUT2D eigenvalue weighted by atomic mass is 9.99. The maximum atomic E-state index is 11.9. The van der Waals surface area contributed by atoms with Gasteiger partial charge >= 0.3 is 5.97 Å². The van der Waals surface area contributed by atoms with E-state index in [-0.39, 0.29) is 24.2 Å². The molecule has 1 aromatic heterocycles. The van der Waals surface area contributed by atoms with E-state index < -0.39 is 11.9 Å². The highest BCUT2D eigenvalue weighted by Gasteiger charge is 2.38. The van der Waals surface area contributed by atoms with Crippen LogP contribution in [0.4, 0.5) is 0 Å². The van der Waals surface area contributed by atoms with Crippen molar-refractivity contribution in [3.8, 4) is 0 Å². The van der Waals surface area contributed by atoms with E-state index in [0.29, 0.717) is 12.4 Å². The van der Waals surface area contributed by atoms with Crippen molar-refractivity contribution in [1.29, 1.82) is 0 Å². The first kappa shape index (κ1) is 11.6. The average molecular weight is 239 g/mol. The number of aromatic nitrogens is 2. The summed E-state index contributed by atoms with van der Waals surface area (Å²) < 4.78 is 4.72. The molecule has 1 saturated heterocycles. The minimum absolute atomic E-state index is 0.0132. The third kappa shape index (κ3) is 2.13. The zero-order valence-corrected chi connectivity index (χ0v) is 9.58. The van der Waals surface area contributed by atoms with Crippen LogP contribution in [0.25, 0.3) is 0 Å². The molecule has 1 N–H and O–H groups in total. The van der Waals surface area contributed by atoms with Gasteiger partial charge in [-0.1, -0.05) is 12.1 Å². The number of aliphatic carboxylic acids is 1. The molecule has 1 aromatic rings. The summed E-state index contributed by atoms with van der Waals surface area (Å²) in [7, 11) is 0. The van der Waals surface area contributed by atoms with Crippen molar-refractivity contribution in [2.75, 3.05) is 13.1 Å². The zero-order valence-electron chi connectivity index (χ0n) is 9.58. The molecule has 0 aliphatic carbocycles. The highest BCUT2D eigenvalue weighted by Crippen LogP contribution is 2.24. The molecule has 2 rings (SSSR count). The fourth-order valence-corrected chi connectivity index (χ4v) is 1.98. The van der Waals surface area contributed by atoms with Gasteiger partial charge in [0.05, 0.1) is 5.92 Å². The monoisotopic (exact) mass is 239 g/mol. The largest absolute Gasteiger partial charge is 0.481 e. The van der Waals surface area contributed by atoms with E-state index in [9.17, 15) is 9.59 Å². The second-order valence-electron chi connectivity index (χ2n) is 4.27. The van der Waals surface area contributed by atoms with Gasteiger partial charge in [-0.15, -0.1) is 0 Å². The molecular weight excluding hydrogens is 226 g/mol. The predicted molar refractivity (Wildman–Crippen MR) is 55.2 cm³/mol. The van der Waals surface area contributed by atoms with Crippen LogP contribution in [0.1, 0.15) is 23.4 Å². The van der Waals surface area contributed by atoms with E-state index in [1.807, 2.05) is 6.92 Å². The minimum atomic E-state index is -0.878. The smallest absolute Gasteiger partial charge is 0.308 e. The van der Waals surface area contributed by atoms with Crippen LogP contribution in [0.5, 0.6) is 0 Å². The van der Waals surface area contributed by atoms with Crippen LogP contribution in [0.3, 0.4) is 0 Å². The molecule has 17 heavy (non-hydrogen) atoms. The topological polar surface area (TPSA) is 96.5 Å². The van der Waals surface area contributed by atoms with Crippen LogP contribution in [0.15, 0.2) is 4.52 Å². The number of amides is 1. The van der Waals surface area contributed by atoms with Gasteiger partial charge in [0.25, 0.3) is 11.7 Å². The van der Waals surface area contributed by atoms with Crippen LogP contribution in [0.2, 0.25) is 0 Å². The molecule has 0 radical (unpaired) electrons. The van der Waals surface area contributed by atoms with Crippen LogP contribution >= 0.6 is 0 Å². The van der Waals surface area contributed by atoms with Gasteiger partial charge in [0.1, 0.15) is 0 Å². The summed E-state index contributed by atoms with van der Waals surface area (Å²) in [6.45, 7) is 4.01. The highest BCUT2D eigenvalue weighted by atomic mass is 16.5. The van der Waals surface area contributed by atoms with Crippen molar-refractivity contribution in [2.45, 2.75) is 13.8 Å². The number of carbonyl (C=O) groups excluding carboxylic acids is 1. The normalized spacial score (nSPS) is 24.0. The molecule has 92 valence electrons. The second kappa shape index (κ2) is 4.15. The van der Waals surface area contributed by atoms with Crippen LogP contribution in [0, 0.1) is 18.8 Å². The van der Waals surface area contributed by atoms with Crippen LogP contribution in [-0.4, -0.2) is 45.1 Å². The number of hydrogen-bond donors (Lipinski definition) is 1. The molecule has 1 aliphatic heterocycles. The Bertz CT molecular complexity index is 456. The number of hydrogen-bond acceptors (Lipinski definition) is 5. The number of likely N-dealkylation sites (tertiary alicyclic amines) is 1. The van der Waals surface area contributed by atoms with Crippen molar-refractivity contribution in [3.05, 3.63) is 11.7 Å². The van der Waals surface area contributed by atoms with E-state index in [1.54, 1.807) is 6.92 Å². The van der Waals surface area contributed by atoms with Gasteiger partial charge in [0.2, 0.25) is 5.89 Å². The molecule has 7 heteroatoms. The highest BCUT2D eigenvalue weighted by molar-refractivity contribution is 5.91. The van der Waals surface area contributed by atoms with Gasteiger partial charge in [-0.05, 0) is 5.92 Å². The molecule has 0 aromatic carbocycles. The van der Waals surface area contributed by atoms with Crippen molar-refractivity contribution >= 4 is 11.9 Å². The van der Waals surface area contributed by atoms with E-state index in [4.69, 9.17) is 9.63 Å². The molecule has 2 heterocycles. The molecule has 1 aliphatic rings. The number of aryl methyl sites for hydroxylation is 1. The third-order valence-corrected chi connectivity index (χ3v) is 2.94.